The number of nitrogens with one attached hydrogen (secondary N) is 2. The van der Waals surface area contributed by atoms with E-state index >= 15 is 0 Å². The van der Waals surface area contributed by atoms with Crippen LogP contribution in [0.1, 0.15) is 46.1 Å². The highest BCUT2D eigenvalue weighted by Gasteiger charge is 2.38. The largest absolute Gasteiger partial charge is 0.493 e. The van der Waals surface area contributed by atoms with E-state index < -0.39 is 0 Å². The number of carbonyl (C=O) groups is 1. The van der Waals surface area contributed by atoms with Gasteiger partial charge in [-0.05, 0) is 58.2 Å². The molecule has 2 rings (SSSR count). The van der Waals surface area contributed by atoms with Gasteiger partial charge < -0.3 is 20.1 Å². The van der Waals surface area contributed by atoms with Crippen LogP contribution in [-0.4, -0.2) is 37.2 Å². The molecule has 0 atom stereocenters. The number of rotatable bonds is 5. The monoisotopic (exact) mass is 370 g/mol. The summed E-state index contributed by atoms with van der Waals surface area (Å²) in [7, 11) is 3.20. The minimum Gasteiger partial charge on any atom is -0.493 e. The molecule has 142 valence electrons. The van der Waals surface area contributed by atoms with Crippen molar-refractivity contribution >= 4 is 18.3 Å². The van der Waals surface area contributed by atoms with Crippen LogP contribution in [0.4, 0.5) is 0 Å². The first-order valence-electron chi connectivity index (χ1n) is 8.44. The number of amides is 1. The molecule has 6 heteroatoms. The maximum Gasteiger partial charge on any atom is 0.224 e. The molecule has 25 heavy (non-hydrogen) atoms. The number of piperidine rings is 1. The van der Waals surface area contributed by atoms with Crippen molar-refractivity contribution in [1.82, 2.24) is 10.6 Å². The third kappa shape index (κ3) is 6.08. The maximum absolute atomic E-state index is 12.5. The standard InChI is InChI=1S/C19H30N2O3.ClH/c1-18(2)11-14(12-19(3,4)21-18)20-17(22)10-13-7-8-15(23-5)16(9-13)24-6;/h7-9,14,21H,10-12H2,1-6H3,(H,20,22);1H. The third-order valence-electron chi connectivity index (χ3n) is 4.37. The number of hydrogen-bond donors (Lipinski definition) is 2. The molecule has 0 aromatic heterocycles. The van der Waals surface area contributed by atoms with Crippen LogP contribution < -0.4 is 20.1 Å². The van der Waals surface area contributed by atoms with Crippen molar-refractivity contribution in [3.8, 4) is 11.5 Å². The summed E-state index contributed by atoms with van der Waals surface area (Å²) in [6.07, 6.45) is 2.19. The Hall–Kier alpha value is -1.46. The van der Waals surface area contributed by atoms with E-state index in [1.807, 2.05) is 18.2 Å². The Labute approximate surface area is 157 Å². The Bertz CT molecular complexity index is 586. The van der Waals surface area contributed by atoms with Crippen LogP contribution in [0.5, 0.6) is 11.5 Å². The Morgan fingerprint density at radius 3 is 2.20 bits per heavy atom. The van der Waals surface area contributed by atoms with Gasteiger partial charge in [-0.25, -0.2) is 0 Å². The van der Waals surface area contributed by atoms with E-state index in [9.17, 15) is 4.79 Å². The second kappa shape index (κ2) is 8.28. The maximum atomic E-state index is 12.5. The van der Waals surface area contributed by atoms with Gasteiger partial charge in [0.15, 0.2) is 11.5 Å². The molecule has 1 fully saturated rings. The van der Waals surface area contributed by atoms with E-state index in [0.717, 1.165) is 18.4 Å². The highest BCUT2D eigenvalue weighted by Crippen LogP contribution is 2.29. The van der Waals surface area contributed by atoms with Crippen LogP contribution in [0.2, 0.25) is 0 Å². The molecule has 1 heterocycles. The van der Waals surface area contributed by atoms with Crippen LogP contribution in [0.25, 0.3) is 0 Å². The fraction of sp³-hybridized carbons (Fsp3) is 0.632. The highest BCUT2D eigenvalue weighted by atomic mass is 35.5. The lowest BCUT2D eigenvalue weighted by atomic mass is 9.79. The summed E-state index contributed by atoms with van der Waals surface area (Å²) < 4.78 is 10.5. The van der Waals surface area contributed by atoms with Gasteiger partial charge >= 0.3 is 0 Å². The van der Waals surface area contributed by atoms with Gasteiger partial charge in [0.25, 0.3) is 0 Å². The molecular weight excluding hydrogens is 340 g/mol. The topological polar surface area (TPSA) is 59.6 Å². The third-order valence-corrected chi connectivity index (χ3v) is 4.37. The molecule has 0 aliphatic carbocycles. The summed E-state index contributed by atoms with van der Waals surface area (Å²) in [5.41, 5.74) is 0.948. The summed E-state index contributed by atoms with van der Waals surface area (Å²) in [6, 6.07) is 5.77. The molecule has 2 N–H and O–H groups in total. The predicted molar refractivity (Wildman–Crippen MR) is 103 cm³/mol. The second-order valence-electron chi connectivity index (χ2n) is 7.93. The van der Waals surface area contributed by atoms with Crippen molar-refractivity contribution in [3.05, 3.63) is 23.8 Å². The SMILES string of the molecule is COc1ccc(CC(=O)NC2CC(C)(C)NC(C)(C)C2)cc1OC.Cl. The van der Waals surface area contributed by atoms with Gasteiger partial charge in [-0.15, -0.1) is 12.4 Å². The summed E-state index contributed by atoms with van der Waals surface area (Å²) in [6.45, 7) is 8.73. The van der Waals surface area contributed by atoms with Gasteiger partial charge in [-0.2, -0.15) is 0 Å². The van der Waals surface area contributed by atoms with Gasteiger partial charge in [0.05, 0.1) is 20.6 Å². The van der Waals surface area contributed by atoms with Crippen LogP contribution in [0.15, 0.2) is 18.2 Å². The second-order valence-corrected chi connectivity index (χ2v) is 7.93. The molecule has 0 saturated carbocycles. The molecule has 5 nitrogen and oxygen atoms in total. The van der Waals surface area contributed by atoms with Crippen LogP contribution >= 0.6 is 12.4 Å². The Morgan fingerprint density at radius 2 is 1.68 bits per heavy atom. The quantitative estimate of drug-likeness (QED) is 0.836. The molecule has 0 radical (unpaired) electrons. The zero-order valence-corrected chi connectivity index (χ0v) is 16.9. The molecule has 0 unspecified atom stereocenters. The summed E-state index contributed by atoms with van der Waals surface area (Å²) in [5.74, 6) is 1.36. The van der Waals surface area contributed by atoms with Crippen molar-refractivity contribution in [1.29, 1.82) is 0 Å². The Balaban J connectivity index is 0.00000312. The first kappa shape index (κ1) is 21.6. The zero-order valence-electron chi connectivity index (χ0n) is 16.1. The molecule has 0 bridgehead atoms. The van der Waals surface area contributed by atoms with Gasteiger partial charge in [-0.1, -0.05) is 6.07 Å². The van der Waals surface area contributed by atoms with Crippen molar-refractivity contribution in [3.63, 3.8) is 0 Å². The number of carbonyl (C=O) groups excluding carboxylic acids is 1. The molecule has 1 amide bonds. The molecule has 1 aromatic carbocycles. The number of hydrogen-bond acceptors (Lipinski definition) is 4. The molecule has 1 aromatic rings. The normalized spacial score (nSPS) is 18.8. The van der Waals surface area contributed by atoms with E-state index in [4.69, 9.17) is 9.47 Å². The Morgan fingerprint density at radius 1 is 1.12 bits per heavy atom. The lowest BCUT2D eigenvalue weighted by molar-refractivity contribution is -0.121. The number of methoxy groups -OCH3 is 2. The average Bonchev–Trinajstić information content (AvgIpc) is 2.43. The highest BCUT2D eigenvalue weighted by molar-refractivity contribution is 5.85. The van der Waals surface area contributed by atoms with Crippen molar-refractivity contribution in [2.75, 3.05) is 14.2 Å². The molecule has 0 spiro atoms. The molecule has 1 aliphatic rings. The summed E-state index contributed by atoms with van der Waals surface area (Å²) in [4.78, 5) is 12.5. The van der Waals surface area contributed by atoms with Gasteiger partial charge in [0, 0.05) is 17.1 Å². The minimum atomic E-state index is 0. The van der Waals surface area contributed by atoms with Crippen LogP contribution in [0.3, 0.4) is 0 Å². The number of ether oxygens (including phenoxy) is 2. The average molecular weight is 371 g/mol. The van der Waals surface area contributed by atoms with E-state index in [0.29, 0.717) is 17.9 Å². The first-order chi connectivity index (χ1) is 11.1. The van der Waals surface area contributed by atoms with E-state index in [1.165, 1.54) is 0 Å². The zero-order chi connectivity index (χ0) is 18.0. The van der Waals surface area contributed by atoms with Crippen LogP contribution in [0, 0.1) is 0 Å². The van der Waals surface area contributed by atoms with Gasteiger partial charge in [-0.3, -0.25) is 4.79 Å². The van der Waals surface area contributed by atoms with Crippen LogP contribution in [-0.2, 0) is 11.2 Å². The summed E-state index contributed by atoms with van der Waals surface area (Å²) in [5, 5.41) is 6.82. The van der Waals surface area contributed by atoms with E-state index in [2.05, 4.69) is 38.3 Å². The predicted octanol–water partition coefficient (Wildman–Crippen LogP) is 3.09. The van der Waals surface area contributed by atoms with Crippen molar-refractivity contribution < 1.29 is 14.3 Å². The van der Waals surface area contributed by atoms with Crippen molar-refractivity contribution in [2.45, 2.75) is 64.1 Å². The fourth-order valence-corrected chi connectivity index (χ4v) is 3.88. The molecule has 1 saturated heterocycles. The van der Waals surface area contributed by atoms with Crippen molar-refractivity contribution in [2.24, 2.45) is 0 Å². The van der Waals surface area contributed by atoms with Gasteiger partial charge in [0.1, 0.15) is 0 Å². The van der Waals surface area contributed by atoms with E-state index in [-0.39, 0.29) is 35.4 Å². The molecule has 1 aliphatic heterocycles. The lowest BCUT2D eigenvalue weighted by Gasteiger charge is -2.46. The lowest BCUT2D eigenvalue weighted by Crippen LogP contribution is -2.62. The van der Waals surface area contributed by atoms with E-state index in [1.54, 1.807) is 14.2 Å². The number of halogens is 1. The molecular formula is C19H31ClN2O3. The smallest absolute Gasteiger partial charge is 0.224 e. The summed E-state index contributed by atoms with van der Waals surface area (Å²) >= 11 is 0. The number of benzene rings is 1. The minimum absolute atomic E-state index is 0. The Kier molecular flexibility index (Phi) is 7.15. The van der Waals surface area contributed by atoms with Gasteiger partial charge in [0.2, 0.25) is 5.91 Å². The fourth-order valence-electron chi connectivity index (χ4n) is 3.88. The first-order valence-corrected chi connectivity index (χ1v) is 8.44.